The van der Waals surface area contributed by atoms with E-state index < -0.39 is 11.8 Å². The lowest BCUT2D eigenvalue weighted by atomic mass is 10.2. The van der Waals surface area contributed by atoms with Crippen molar-refractivity contribution in [3.05, 3.63) is 34.8 Å². The summed E-state index contributed by atoms with van der Waals surface area (Å²) in [5.41, 5.74) is 0.258. The Morgan fingerprint density at radius 2 is 2.21 bits per heavy atom. The maximum atomic E-state index is 12.8. The maximum absolute atomic E-state index is 12.8. The number of rotatable bonds is 1. The Labute approximate surface area is 82.7 Å². The van der Waals surface area contributed by atoms with Crippen LogP contribution < -0.4 is 0 Å². The zero-order valence-corrected chi connectivity index (χ0v) is 7.51. The SMILES string of the molecule is O=C(O)c1oc2ccc(F)cc2c1Cl. The Hall–Kier alpha value is -1.55. The van der Waals surface area contributed by atoms with Crippen LogP contribution in [-0.2, 0) is 0 Å². The van der Waals surface area contributed by atoms with Crippen molar-refractivity contribution >= 4 is 28.5 Å². The fourth-order valence-electron chi connectivity index (χ4n) is 1.18. The summed E-state index contributed by atoms with van der Waals surface area (Å²) >= 11 is 5.68. The van der Waals surface area contributed by atoms with Crippen molar-refractivity contribution in [3.63, 3.8) is 0 Å². The molecular formula is C9H4ClFO3. The van der Waals surface area contributed by atoms with E-state index >= 15 is 0 Å². The number of fused-ring (bicyclic) bond motifs is 1. The zero-order chi connectivity index (χ0) is 10.3. The topological polar surface area (TPSA) is 50.4 Å². The second kappa shape index (κ2) is 2.99. The molecule has 0 atom stereocenters. The van der Waals surface area contributed by atoms with Crippen LogP contribution in [-0.4, -0.2) is 11.1 Å². The molecule has 0 aliphatic rings. The van der Waals surface area contributed by atoms with E-state index in [1.165, 1.54) is 12.1 Å². The molecule has 0 radical (unpaired) electrons. The van der Waals surface area contributed by atoms with Gasteiger partial charge in [-0.15, -0.1) is 0 Å². The normalized spacial score (nSPS) is 10.7. The Kier molecular flexibility index (Phi) is 1.93. The minimum absolute atomic E-state index is 0.0769. The van der Waals surface area contributed by atoms with E-state index in [2.05, 4.69) is 0 Å². The maximum Gasteiger partial charge on any atom is 0.373 e. The smallest absolute Gasteiger partial charge is 0.373 e. The van der Waals surface area contributed by atoms with Gasteiger partial charge in [-0.25, -0.2) is 9.18 Å². The third-order valence-corrected chi connectivity index (χ3v) is 2.16. The minimum Gasteiger partial charge on any atom is -0.475 e. The summed E-state index contributed by atoms with van der Waals surface area (Å²) in [5.74, 6) is -2.13. The van der Waals surface area contributed by atoms with Crippen LogP contribution in [0.4, 0.5) is 4.39 Å². The highest BCUT2D eigenvalue weighted by Gasteiger charge is 2.18. The molecule has 0 saturated carbocycles. The molecule has 2 aromatic rings. The van der Waals surface area contributed by atoms with Gasteiger partial charge < -0.3 is 9.52 Å². The van der Waals surface area contributed by atoms with Gasteiger partial charge in [0.1, 0.15) is 16.4 Å². The standard InChI is InChI=1S/C9H4ClFO3/c10-7-5-3-4(11)1-2-6(5)14-8(7)9(12)13/h1-3H,(H,12,13). The third-order valence-electron chi connectivity index (χ3n) is 1.78. The molecule has 1 aromatic heterocycles. The first-order chi connectivity index (χ1) is 6.59. The highest BCUT2D eigenvalue weighted by molar-refractivity contribution is 6.38. The number of carboxylic acids is 1. The van der Waals surface area contributed by atoms with Gasteiger partial charge in [-0.3, -0.25) is 0 Å². The number of benzene rings is 1. The number of aromatic carboxylic acids is 1. The third kappa shape index (κ3) is 1.24. The van der Waals surface area contributed by atoms with Gasteiger partial charge in [-0.2, -0.15) is 0 Å². The largest absolute Gasteiger partial charge is 0.475 e. The van der Waals surface area contributed by atoms with E-state index in [4.69, 9.17) is 21.1 Å². The number of carboxylic acid groups (broad SMARTS) is 1. The number of hydrogen-bond donors (Lipinski definition) is 1. The van der Waals surface area contributed by atoms with Crippen LogP contribution in [0.5, 0.6) is 0 Å². The summed E-state index contributed by atoms with van der Waals surface area (Å²) in [6.45, 7) is 0. The molecule has 72 valence electrons. The van der Waals surface area contributed by atoms with E-state index in [-0.39, 0.29) is 21.8 Å². The average molecular weight is 215 g/mol. The van der Waals surface area contributed by atoms with Gasteiger partial charge in [0.05, 0.1) is 0 Å². The molecule has 1 aromatic carbocycles. The second-order valence-electron chi connectivity index (χ2n) is 2.69. The Morgan fingerprint density at radius 3 is 2.86 bits per heavy atom. The fourth-order valence-corrected chi connectivity index (χ4v) is 1.44. The van der Waals surface area contributed by atoms with Crippen molar-refractivity contribution in [1.29, 1.82) is 0 Å². The molecule has 0 fully saturated rings. The second-order valence-corrected chi connectivity index (χ2v) is 3.07. The molecular weight excluding hydrogens is 211 g/mol. The summed E-state index contributed by atoms with van der Waals surface area (Å²) in [7, 11) is 0. The minimum atomic E-state index is -1.27. The molecule has 3 nitrogen and oxygen atoms in total. The van der Waals surface area contributed by atoms with Gasteiger partial charge in [-0.1, -0.05) is 11.6 Å². The molecule has 0 aliphatic heterocycles. The molecule has 0 aliphatic carbocycles. The molecule has 5 heteroatoms. The van der Waals surface area contributed by atoms with Crippen LogP contribution in [0.3, 0.4) is 0 Å². The van der Waals surface area contributed by atoms with Gasteiger partial charge in [0, 0.05) is 5.39 Å². The van der Waals surface area contributed by atoms with Crippen LogP contribution >= 0.6 is 11.6 Å². The van der Waals surface area contributed by atoms with Crippen molar-refractivity contribution in [3.8, 4) is 0 Å². The summed E-state index contributed by atoms with van der Waals surface area (Å²) in [4.78, 5) is 10.6. The summed E-state index contributed by atoms with van der Waals surface area (Å²) in [6.07, 6.45) is 0. The first kappa shape index (κ1) is 9.02. The predicted molar refractivity (Wildman–Crippen MR) is 48.1 cm³/mol. The van der Waals surface area contributed by atoms with E-state index in [0.29, 0.717) is 0 Å². The van der Waals surface area contributed by atoms with E-state index in [0.717, 1.165) is 6.07 Å². The van der Waals surface area contributed by atoms with Crippen molar-refractivity contribution in [2.24, 2.45) is 0 Å². The predicted octanol–water partition coefficient (Wildman–Crippen LogP) is 2.92. The Bertz CT molecular complexity index is 518. The van der Waals surface area contributed by atoms with Crippen LogP contribution in [0.1, 0.15) is 10.6 Å². The Balaban J connectivity index is 2.80. The molecule has 14 heavy (non-hydrogen) atoms. The summed E-state index contributed by atoms with van der Waals surface area (Å²) in [6, 6.07) is 3.64. The van der Waals surface area contributed by atoms with E-state index in [1.807, 2.05) is 0 Å². The molecule has 2 rings (SSSR count). The molecule has 1 N–H and O–H groups in total. The molecule has 0 bridgehead atoms. The fraction of sp³-hybridized carbons (Fsp3) is 0. The number of furan rings is 1. The lowest BCUT2D eigenvalue weighted by Crippen LogP contribution is -1.93. The molecule has 0 amide bonds. The van der Waals surface area contributed by atoms with Crippen LogP contribution in [0.25, 0.3) is 11.0 Å². The summed E-state index contributed by atoms with van der Waals surface area (Å²) in [5, 5.41) is 8.85. The quantitative estimate of drug-likeness (QED) is 0.794. The van der Waals surface area contributed by atoms with Gasteiger partial charge in [-0.05, 0) is 18.2 Å². The van der Waals surface area contributed by atoms with E-state index in [9.17, 15) is 9.18 Å². The lowest BCUT2D eigenvalue weighted by Gasteiger charge is -1.87. The lowest BCUT2D eigenvalue weighted by molar-refractivity contribution is 0.0665. The molecule has 0 unspecified atom stereocenters. The molecule has 1 heterocycles. The summed E-state index contributed by atoms with van der Waals surface area (Å²) < 4.78 is 17.7. The van der Waals surface area contributed by atoms with Crippen LogP contribution in [0, 0.1) is 5.82 Å². The molecule has 0 spiro atoms. The molecule has 0 saturated heterocycles. The van der Waals surface area contributed by atoms with Crippen molar-refractivity contribution in [2.45, 2.75) is 0 Å². The van der Waals surface area contributed by atoms with E-state index in [1.54, 1.807) is 0 Å². The highest BCUT2D eigenvalue weighted by atomic mass is 35.5. The first-order valence-corrected chi connectivity index (χ1v) is 4.08. The van der Waals surface area contributed by atoms with Crippen LogP contribution in [0.15, 0.2) is 22.6 Å². The first-order valence-electron chi connectivity index (χ1n) is 3.70. The van der Waals surface area contributed by atoms with Crippen molar-refractivity contribution in [2.75, 3.05) is 0 Å². The highest BCUT2D eigenvalue weighted by Crippen LogP contribution is 2.30. The van der Waals surface area contributed by atoms with Gasteiger partial charge >= 0.3 is 5.97 Å². The van der Waals surface area contributed by atoms with Gasteiger partial charge in [0.25, 0.3) is 0 Å². The van der Waals surface area contributed by atoms with Gasteiger partial charge in [0.15, 0.2) is 0 Å². The monoisotopic (exact) mass is 214 g/mol. The number of carbonyl (C=O) groups is 1. The number of hydrogen-bond acceptors (Lipinski definition) is 2. The Morgan fingerprint density at radius 1 is 1.50 bits per heavy atom. The van der Waals surface area contributed by atoms with Crippen molar-refractivity contribution < 1.29 is 18.7 Å². The zero-order valence-electron chi connectivity index (χ0n) is 6.75. The average Bonchev–Trinajstić information content (AvgIpc) is 2.44. The number of halogens is 2. The van der Waals surface area contributed by atoms with Crippen molar-refractivity contribution in [1.82, 2.24) is 0 Å². The van der Waals surface area contributed by atoms with Crippen LogP contribution in [0.2, 0.25) is 5.02 Å². The van der Waals surface area contributed by atoms with Gasteiger partial charge in [0.2, 0.25) is 5.76 Å².